The van der Waals surface area contributed by atoms with E-state index in [0.717, 1.165) is 0 Å². The van der Waals surface area contributed by atoms with E-state index in [2.05, 4.69) is 6.58 Å². The smallest absolute Gasteiger partial charge is 0.312 e. The van der Waals surface area contributed by atoms with Crippen LogP contribution in [0.2, 0.25) is 0 Å². The lowest BCUT2D eigenvalue weighted by Crippen LogP contribution is -2.65. The maximum absolute atomic E-state index is 13.8. The predicted octanol–water partition coefficient (Wildman–Crippen LogP) is 1.73. The molecule has 35 heavy (non-hydrogen) atoms. The summed E-state index contributed by atoms with van der Waals surface area (Å²) < 4.78 is 22.8. The summed E-state index contributed by atoms with van der Waals surface area (Å²) in [4.78, 5) is 51.1. The summed E-state index contributed by atoms with van der Waals surface area (Å²) in [7, 11) is 1.37. The molecule has 0 radical (unpaired) electrons. The Morgan fingerprint density at radius 3 is 2.29 bits per heavy atom. The molecule has 3 aliphatic carbocycles. The molecular weight excluding hydrogens is 480 g/mol. The summed E-state index contributed by atoms with van der Waals surface area (Å²) in [5.41, 5.74) is -4.54. The Morgan fingerprint density at radius 2 is 1.74 bits per heavy atom. The Balaban J connectivity index is 2.07. The Labute approximate surface area is 208 Å². The van der Waals surface area contributed by atoms with Crippen molar-refractivity contribution in [2.45, 2.75) is 69.5 Å². The number of esters is 3. The van der Waals surface area contributed by atoms with Gasteiger partial charge in [0.25, 0.3) is 0 Å². The maximum Gasteiger partial charge on any atom is 0.312 e. The van der Waals surface area contributed by atoms with Crippen molar-refractivity contribution in [1.29, 1.82) is 0 Å². The van der Waals surface area contributed by atoms with E-state index in [4.69, 9.17) is 30.5 Å². The van der Waals surface area contributed by atoms with Crippen LogP contribution < -0.4 is 0 Å². The Bertz CT molecular complexity index is 1040. The van der Waals surface area contributed by atoms with Gasteiger partial charge in [0.15, 0.2) is 17.5 Å². The molecule has 3 fully saturated rings. The van der Waals surface area contributed by atoms with Crippen LogP contribution >= 0.6 is 11.6 Å². The minimum absolute atomic E-state index is 0.199. The number of ether oxygens (including phenoxy) is 4. The molecule has 2 saturated carbocycles. The molecule has 1 N–H and O–H groups in total. The van der Waals surface area contributed by atoms with Gasteiger partial charge in [-0.1, -0.05) is 25.7 Å². The van der Waals surface area contributed by atoms with Crippen molar-refractivity contribution in [2.75, 3.05) is 7.11 Å². The standard InChI is InChI=1S/C25H31ClO9/c1-10-16(26)20-25(31,11(2)22(30)35-20)21(34-13(4)28)18-23(5)14(17(10)33-12(3)27)8-9-15(23)19(29)24(18,6)32-7/h8-9,11,14-18,20-21,31H,1H2,2-7H3/t11?,14-,15+,16?,17?,18?,20?,21+,23+,24+,25?/m1/s1. The third-order valence-corrected chi connectivity index (χ3v) is 9.27. The van der Waals surface area contributed by atoms with E-state index < -0.39 is 81.9 Å². The third kappa shape index (κ3) is 3.20. The molecule has 11 atom stereocenters. The van der Waals surface area contributed by atoms with Crippen LogP contribution in [0, 0.1) is 29.1 Å². The average Bonchev–Trinajstić information content (AvgIpc) is 3.30. The molecule has 0 aromatic carbocycles. The van der Waals surface area contributed by atoms with Crippen molar-refractivity contribution in [2.24, 2.45) is 29.1 Å². The van der Waals surface area contributed by atoms with Crippen molar-refractivity contribution in [3.8, 4) is 0 Å². The fraction of sp³-hybridized carbons (Fsp3) is 0.680. The van der Waals surface area contributed by atoms with Gasteiger partial charge in [-0.25, -0.2) is 0 Å². The first-order chi connectivity index (χ1) is 16.2. The zero-order valence-corrected chi connectivity index (χ0v) is 21.3. The zero-order valence-electron chi connectivity index (χ0n) is 20.6. The highest BCUT2D eigenvalue weighted by Crippen LogP contribution is 2.65. The van der Waals surface area contributed by atoms with Crippen LogP contribution in [0.4, 0.5) is 0 Å². The first kappa shape index (κ1) is 25.9. The number of alkyl halides is 1. The van der Waals surface area contributed by atoms with Gasteiger partial charge in [0.1, 0.15) is 17.8 Å². The van der Waals surface area contributed by atoms with Gasteiger partial charge in [-0.2, -0.15) is 0 Å². The number of rotatable bonds is 3. The van der Waals surface area contributed by atoms with Crippen LogP contribution in [-0.2, 0) is 38.1 Å². The molecule has 1 aliphatic heterocycles. The minimum Gasteiger partial charge on any atom is -0.459 e. The number of allylic oxidation sites excluding steroid dienone is 1. The molecule has 1 saturated heterocycles. The van der Waals surface area contributed by atoms with Crippen LogP contribution in [0.3, 0.4) is 0 Å². The molecular formula is C25H31ClO9. The first-order valence-electron chi connectivity index (χ1n) is 11.5. The number of carbonyl (C=O) groups is 4. The summed E-state index contributed by atoms with van der Waals surface area (Å²) in [6.07, 6.45) is -0.333. The number of fused-ring (bicyclic) bond motifs is 1. The first-order valence-corrected chi connectivity index (χ1v) is 12.0. The minimum atomic E-state index is -2.14. The van der Waals surface area contributed by atoms with Gasteiger partial charge >= 0.3 is 17.9 Å². The van der Waals surface area contributed by atoms with E-state index in [0.29, 0.717) is 0 Å². The van der Waals surface area contributed by atoms with Gasteiger partial charge in [0.2, 0.25) is 0 Å². The summed E-state index contributed by atoms with van der Waals surface area (Å²) in [5.74, 6) is -5.83. The summed E-state index contributed by atoms with van der Waals surface area (Å²) >= 11 is 6.80. The van der Waals surface area contributed by atoms with Gasteiger partial charge < -0.3 is 24.1 Å². The van der Waals surface area contributed by atoms with Gasteiger partial charge in [0, 0.05) is 44.1 Å². The van der Waals surface area contributed by atoms with E-state index in [1.807, 2.05) is 6.92 Å². The van der Waals surface area contributed by atoms with Crippen LogP contribution in [0.1, 0.15) is 34.6 Å². The second-order valence-electron chi connectivity index (χ2n) is 10.4. The lowest BCUT2D eigenvalue weighted by Gasteiger charge is -2.49. The second kappa shape index (κ2) is 8.15. The highest BCUT2D eigenvalue weighted by Gasteiger charge is 2.77. The molecule has 10 heteroatoms. The van der Waals surface area contributed by atoms with Crippen LogP contribution in [0.25, 0.3) is 0 Å². The fourth-order valence-corrected chi connectivity index (χ4v) is 7.30. The number of ketones is 1. The molecule has 0 spiro atoms. The van der Waals surface area contributed by atoms with Crippen LogP contribution in [0.15, 0.2) is 24.3 Å². The lowest BCUT2D eigenvalue weighted by atomic mass is 9.60. The highest BCUT2D eigenvalue weighted by atomic mass is 35.5. The summed E-state index contributed by atoms with van der Waals surface area (Å²) in [6.45, 7) is 11.3. The van der Waals surface area contributed by atoms with Crippen molar-refractivity contribution >= 4 is 35.3 Å². The number of carbonyl (C=O) groups excluding carboxylic acids is 4. The third-order valence-electron chi connectivity index (χ3n) is 8.76. The molecule has 0 bridgehead atoms. The molecule has 0 amide bonds. The Kier molecular flexibility index (Phi) is 6.02. The number of Topliss-reactive ketones (excluding diaryl/α,β-unsaturated/α-hetero) is 1. The number of methoxy groups -OCH3 is 1. The molecule has 4 rings (SSSR count). The summed E-state index contributed by atoms with van der Waals surface area (Å²) in [5, 5.41) is 11.1. The topological polar surface area (TPSA) is 125 Å². The normalized spacial score (nSPS) is 48.4. The number of hydrogen-bond donors (Lipinski definition) is 1. The second-order valence-corrected chi connectivity index (χ2v) is 10.9. The maximum atomic E-state index is 13.8. The fourth-order valence-electron chi connectivity index (χ4n) is 6.93. The van der Waals surface area contributed by atoms with E-state index >= 15 is 0 Å². The van der Waals surface area contributed by atoms with E-state index in [-0.39, 0.29) is 11.4 Å². The van der Waals surface area contributed by atoms with Gasteiger partial charge in [-0.05, 0) is 19.4 Å². The number of aliphatic hydroxyl groups is 1. The van der Waals surface area contributed by atoms with Crippen molar-refractivity contribution in [3.05, 3.63) is 24.3 Å². The predicted molar refractivity (Wildman–Crippen MR) is 122 cm³/mol. The van der Waals surface area contributed by atoms with Gasteiger partial charge in [-0.3, -0.25) is 19.2 Å². The number of hydrogen-bond acceptors (Lipinski definition) is 9. The molecule has 6 unspecified atom stereocenters. The largest absolute Gasteiger partial charge is 0.459 e. The molecule has 4 aliphatic rings. The van der Waals surface area contributed by atoms with E-state index in [9.17, 15) is 24.3 Å². The highest BCUT2D eigenvalue weighted by molar-refractivity contribution is 6.23. The molecule has 9 nitrogen and oxygen atoms in total. The zero-order chi connectivity index (χ0) is 26.2. The molecule has 192 valence electrons. The van der Waals surface area contributed by atoms with Crippen LogP contribution in [0.5, 0.6) is 0 Å². The van der Waals surface area contributed by atoms with E-state index in [1.165, 1.54) is 27.9 Å². The van der Waals surface area contributed by atoms with Gasteiger partial charge in [-0.15, -0.1) is 11.6 Å². The Morgan fingerprint density at radius 1 is 1.14 bits per heavy atom. The quantitative estimate of drug-likeness (QED) is 0.261. The Hall–Kier alpha value is -2.23. The SMILES string of the molecule is C=C1C(Cl)C2OC(=O)C(C)C2(O)[C@@H](OC(C)=O)C2[C@@]3(C)[C@H](C=C[C@H]3C(=O)[C@@]2(C)OC)C1OC(C)=O. The average molecular weight is 511 g/mol. The molecule has 1 heterocycles. The van der Waals surface area contributed by atoms with Gasteiger partial charge in [0.05, 0.1) is 11.3 Å². The van der Waals surface area contributed by atoms with Crippen molar-refractivity contribution in [1.82, 2.24) is 0 Å². The van der Waals surface area contributed by atoms with Crippen LogP contribution in [-0.4, -0.2) is 70.8 Å². The van der Waals surface area contributed by atoms with E-state index in [1.54, 1.807) is 19.1 Å². The molecule has 0 aromatic rings. The lowest BCUT2D eigenvalue weighted by molar-refractivity contribution is -0.215. The summed E-state index contributed by atoms with van der Waals surface area (Å²) in [6, 6.07) is 0. The monoisotopic (exact) mass is 510 g/mol. The van der Waals surface area contributed by atoms with Crippen molar-refractivity contribution in [3.63, 3.8) is 0 Å². The van der Waals surface area contributed by atoms with Crippen molar-refractivity contribution < 1.29 is 43.2 Å². The number of halogens is 1. The molecule has 0 aromatic heterocycles.